The van der Waals surface area contributed by atoms with Gasteiger partial charge in [0.25, 0.3) is 0 Å². The van der Waals surface area contributed by atoms with E-state index in [1.165, 1.54) is 0 Å². The Balaban J connectivity index is 2.12. The van der Waals surface area contributed by atoms with E-state index >= 15 is 0 Å². The number of nitrogens with zero attached hydrogens (tertiary/aromatic N) is 2. The van der Waals surface area contributed by atoms with Gasteiger partial charge in [0.15, 0.2) is 5.15 Å². The third-order valence-electron chi connectivity index (χ3n) is 3.38. The molecule has 16 heavy (non-hydrogen) atoms. The highest BCUT2D eigenvalue weighted by Crippen LogP contribution is 2.31. The maximum absolute atomic E-state index is 9.47. The first kappa shape index (κ1) is 11.9. The van der Waals surface area contributed by atoms with Gasteiger partial charge in [0, 0.05) is 11.8 Å². The predicted molar refractivity (Wildman–Crippen MR) is 64.8 cm³/mol. The van der Waals surface area contributed by atoms with Gasteiger partial charge in [-0.05, 0) is 31.6 Å². The quantitative estimate of drug-likeness (QED) is 0.865. The SMILES string of the molecule is CC(C)c1cn(C2CCC(O)CC2)nc1Cl. The third kappa shape index (κ3) is 2.41. The van der Waals surface area contributed by atoms with Crippen molar-refractivity contribution in [3.8, 4) is 0 Å². The average molecular weight is 243 g/mol. The Morgan fingerprint density at radius 2 is 2.00 bits per heavy atom. The summed E-state index contributed by atoms with van der Waals surface area (Å²) in [6.45, 7) is 4.25. The van der Waals surface area contributed by atoms with E-state index in [2.05, 4.69) is 25.1 Å². The minimum atomic E-state index is -0.119. The number of aliphatic hydroxyl groups is 1. The fourth-order valence-electron chi connectivity index (χ4n) is 2.28. The van der Waals surface area contributed by atoms with Crippen molar-refractivity contribution in [3.63, 3.8) is 0 Å². The molecule has 1 aromatic heterocycles. The summed E-state index contributed by atoms with van der Waals surface area (Å²) in [5.41, 5.74) is 1.12. The predicted octanol–water partition coefficient (Wildman–Crippen LogP) is 3.14. The van der Waals surface area contributed by atoms with E-state index in [9.17, 15) is 5.11 Å². The number of rotatable bonds is 2. The van der Waals surface area contributed by atoms with Crippen molar-refractivity contribution < 1.29 is 5.11 Å². The van der Waals surface area contributed by atoms with E-state index in [-0.39, 0.29) is 6.10 Å². The van der Waals surface area contributed by atoms with Crippen LogP contribution in [0.1, 0.15) is 57.1 Å². The van der Waals surface area contributed by atoms with Crippen LogP contribution in [0.15, 0.2) is 6.20 Å². The van der Waals surface area contributed by atoms with E-state index in [0.29, 0.717) is 17.1 Å². The van der Waals surface area contributed by atoms with Crippen molar-refractivity contribution in [1.82, 2.24) is 9.78 Å². The molecule has 2 rings (SSSR count). The maximum Gasteiger partial charge on any atom is 0.154 e. The molecule has 0 aliphatic heterocycles. The number of aliphatic hydroxyl groups excluding tert-OH is 1. The van der Waals surface area contributed by atoms with Crippen molar-refractivity contribution in [3.05, 3.63) is 16.9 Å². The fourth-order valence-corrected chi connectivity index (χ4v) is 2.64. The second-order valence-electron chi connectivity index (χ2n) is 4.97. The van der Waals surface area contributed by atoms with Crippen LogP contribution in [-0.2, 0) is 0 Å². The fraction of sp³-hybridized carbons (Fsp3) is 0.750. The number of hydrogen-bond acceptors (Lipinski definition) is 2. The molecule has 0 radical (unpaired) electrons. The van der Waals surface area contributed by atoms with Crippen LogP contribution >= 0.6 is 11.6 Å². The molecule has 0 saturated heterocycles. The zero-order valence-electron chi connectivity index (χ0n) is 9.86. The Bertz CT molecular complexity index is 354. The average Bonchev–Trinajstić information content (AvgIpc) is 2.61. The van der Waals surface area contributed by atoms with E-state index < -0.39 is 0 Å². The molecule has 1 heterocycles. The smallest absolute Gasteiger partial charge is 0.154 e. The van der Waals surface area contributed by atoms with Crippen LogP contribution in [0.25, 0.3) is 0 Å². The number of halogens is 1. The molecule has 1 N–H and O–H groups in total. The number of aromatic nitrogens is 2. The Morgan fingerprint density at radius 1 is 1.38 bits per heavy atom. The third-order valence-corrected chi connectivity index (χ3v) is 3.67. The van der Waals surface area contributed by atoms with Gasteiger partial charge in [-0.15, -0.1) is 0 Å². The van der Waals surface area contributed by atoms with Crippen molar-refractivity contribution >= 4 is 11.6 Å². The molecule has 0 amide bonds. The molecule has 90 valence electrons. The molecule has 0 aromatic carbocycles. The molecular weight excluding hydrogens is 224 g/mol. The Labute approximate surface area is 101 Å². The van der Waals surface area contributed by atoms with Crippen molar-refractivity contribution in [2.45, 2.75) is 57.6 Å². The molecule has 0 unspecified atom stereocenters. The summed E-state index contributed by atoms with van der Waals surface area (Å²) in [5, 5.41) is 14.5. The molecule has 1 saturated carbocycles. The largest absolute Gasteiger partial charge is 0.393 e. The highest BCUT2D eigenvalue weighted by molar-refractivity contribution is 6.30. The summed E-state index contributed by atoms with van der Waals surface area (Å²) in [7, 11) is 0. The molecule has 1 aromatic rings. The molecule has 1 fully saturated rings. The minimum absolute atomic E-state index is 0.119. The summed E-state index contributed by atoms with van der Waals surface area (Å²) in [6, 6.07) is 0.411. The lowest BCUT2D eigenvalue weighted by Gasteiger charge is -2.25. The summed E-state index contributed by atoms with van der Waals surface area (Å²) < 4.78 is 1.99. The van der Waals surface area contributed by atoms with Crippen LogP contribution in [-0.4, -0.2) is 21.0 Å². The molecule has 1 aliphatic carbocycles. The Kier molecular flexibility index (Phi) is 3.55. The van der Waals surface area contributed by atoms with Crippen LogP contribution in [0.5, 0.6) is 0 Å². The van der Waals surface area contributed by atoms with Crippen molar-refractivity contribution in [1.29, 1.82) is 0 Å². The lowest BCUT2D eigenvalue weighted by molar-refractivity contribution is 0.108. The molecule has 3 nitrogen and oxygen atoms in total. The van der Waals surface area contributed by atoms with Gasteiger partial charge < -0.3 is 5.11 Å². The molecular formula is C12H19ClN2O. The van der Waals surface area contributed by atoms with Gasteiger partial charge in [-0.25, -0.2) is 0 Å². The highest BCUT2D eigenvalue weighted by atomic mass is 35.5. The maximum atomic E-state index is 9.47. The summed E-state index contributed by atoms with van der Waals surface area (Å²) in [4.78, 5) is 0. The van der Waals surface area contributed by atoms with Gasteiger partial charge in [-0.3, -0.25) is 4.68 Å². The van der Waals surface area contributed by atoms with Crippen LogP contribution in [0.3, 0.4) is 0 Å². The van der Waals surface area contributed by atoms with Gasteiger partial charge in [0.2, 0.25) is 0 Å². The lowest BCUT2D eigenvalue weighted by Crippen LogP contribution is -2.21. The summed E-state index contributed by atoms with van der Waals surface area (Å²) in [5.74, 6) is 0.412. The molecule has 0 bridgehead atoms. The standard InChI is InChI=1S/C12H19ClN2O/c1-8(2)11-7-15(14-12(11)13)9-3-5-10(16)6-4-9/h7-10,16H,3-6H2,1-2H3. The van der Waals surface area contributed by atoms with Crippen LogP contribution in [0.4, 0.5) is 0 Å². The normalized spacial score (nSPS) is 26.3. The highest BCUT2D eigenvalue weighted by Gasteiger charge is 2.22. The second kappa shape index (κ2) is 4.76. The van der Waals surface area contributed by atoms with E-state index in [4.69, 9.17) is 11.6 Å². The summed E-state index contributed by atoms with van der Waals surface area (Å²) >= 11 is 6.11. The van der Waals surface area contributed by atoms with E-state index in [1.807, 2.05) is 4.68 Å². The van der Waals surface area contributed by atoms with Gasteiger partial charge in [0.1, 0.15) is 0 Å². The molecule has 0 spiro atoms. The molecule has 4 heteroatoms. The first-order valence-corrected chi connectivity index (χ1v) is 6.38. The summed E-state index contributed by atoms with van der Waals surface area (Å²) in [6.07, 6.45) is 5.69. The zero-order valence-corrected chi connectivity index (χ0v) is 10.6. The van der Waals surface area contributed by atoms with Gasteiger partial charge in [-0.1, -0.05) is 25.4 Å². The Hall–Kier alpha value is -0.540. The first-order chi connectivity index (χ1) is 7.58. The zero-order chi connectivity index (χ0) is 11.7. The van der Waals surface area contributed by atoms with Gasteiger partial charge in [-0.2, -0.15) is 5.10 Å². The lowest BCUT2D eigenvalue weighted by atomic mass is 9.93. The van der Waals surface area contributed by atoms with Crippen LogP contribution < -0.4 is 0 Å². The minimum Gasteiger partial charge on any atom is -0.393 e. The van der Waals surface area contributed by atoms with Gasteiger partial charge >= 0.3 is 0 Å². The van der Waals surface area contributed by atoms with Crippen molar-refractivity contribution in [2.24, 2.45) is 0 Å². The molecule has 1 aliphatic rings. The monoisotopic (exact) mass is 242 g/mol. The first-order valence-electron chi connectivity index (χ1n) is 6.00. The number of hydrogen-bond donors (Lipinski definition) is 1. The van der Waals surface area contributed by atoms with Crippen LogP contribution in [0.2, 0.25) is 5.15 Å². The molecule has 0 atom stereocenters. The Morgan fingerprint density at radius 3 is 2.50 bits per heavy atom. The topological polar surface area (TPSA) is 38.0 Å². The van der Waals surface area contributed by atoms with E-state index in [0.717, 1.165) is 31.2 Å². The van der Waals surface area contributed by atoms with Crippen LogP contribution in [0, 0.1) is 0 Å². The van der Waals surface area contributed by atoms with Gasteiger partial charge in [0.05, 0.1) is 12.1 Å². The van der Waals surface area contributed by atoms with Crippen molar-refractivity contribution in [2.75, 3.05) is 0 Å². The van der Waals surface area contributed by atoms with E-state index in [1.54, 1.807) is 0 Å². The second-order valence-corrected chi connectivity index (χ2v) is 5.33.